The maximum atomic E-state index is 11.7. The molecule has 3 heterocycles. The van der Waals surface area contributed by atoms with E-state index in [-0.39, 0.29) is 48.9 Å². The summed E-state index contributed by atoms with van der Waals surface area (Å²) in [5.41, 5.74) is 7.44. The molecule has 6 rings (SSSR count). The number of allylic oxidation sites excluding steroid dienone is 2. The van der Waals surface area contributed by atoms with Crippen molar-refractivity contribution in [1.82, 2.24) is 9.97 Å². The topological polar surface area (TPSA) is 63.1 Å². The first-order valence-corrected chi connectivity index (χ1v) is 17.7. The van der Waals surface area contributed by atoms with E-state index in [4.69, 9.17) is 4.98 Å². The fourth-order valence-corrected chi connectivity index (χ4v) is 7.97. The number of carbonyl (C=O) groups excluding carboxylic acids is 1. The first-order valence-electron chi connectivity index (χ1n) is 16.9. The van der Waals surface area contributed by atoms with Crippen LogP contribution in [0.2, 0.25) is 0 Å². The molecule has 0 saturated heterocycles. The second kappa shape index (κ2) is 15.8. The number of benzene rings is 2. The van der Waals surface area contributed by atoms with Crippen LogP contribution in [-0.4, -0.2) is 20.9 Å². The third-order valence-corrected chi connectivity index (χ3v) is 10.7. The molecule has 6 heteroatoms. The summed E-state index contributed by atoms with van der Waals surface area (Å²) in [4.78, 5) is 22.6. The molecule has 0 aliphatic heterocycles. The van der Waals surface area contributed by atoms with Crippen molar-refractivity contribution in [1.29, 1.82) is 0 Å². The molecule has 0 bridgehead atoms. The minimum atomic E-state index is 0. The van der Waals surface area contributed by atoms with E-state index in [2.05, 4.69) is 74.3 Å². The van der Waals surface area contributed by atoms with Gasteiger partial charge in [0.05, 0.1) is 5.76 Å². The van der Waals surface area contributed by atoms with Gasteiger partial charge in [-0.2, -0.15) is 0 Å². The fraction of sp³-hybridized carbons (Fsp3) is 0.390. The number of aryl methyl sites for hydroxylation is 2. The van der Waals surface area contributed by atoms with Gasteiger partial charge >= 0.3 is 0 Å². The monoisotopic (exact) mass is 824 g/mol. The Kier molecular flexibility index (Phi) is 12.3. The van der Waals surface area contributed by atoms with Crippen LogP contribution in [0.15, 0.2) is 72.8 Å². The Hall–Kier alpha value is -3.18. The van der Waals surface area contributed by atoms with Gasteiger partial charge in [-0.05, 0) is 67.0 Å². The van der Waals surface area contributed by atoms with Crippen molar-refractivity contribution in [3.05, 3.63) is 95.6 Å². The molecule has 0 unspecified atom stereocenters. The van der Waals surface area contributed by atoms with E-state index >= 15 is 0 Å². The molecule has 5 aromatic rings. The number of nitrogens with zero attached hydrogens (tertiary/aromatic N) is 2. The molecular weight excluding hydrogens is 777 g/mol. The molecule has 47 heavy (non-hydrogen) atoms. The first kappa shape index (κ1) is 36.7. The Morgan fingerprint density at radius 1 is 0.915 bits per heavy atom. The zero-order valence-corrected chi connectivity index (χ0v) is 32.0. The van der Waals surface area contributed by atoms with Gasteiger partial charge in [-0.3, -0.25) is 14.8 Å². The van der Waals surface area contributed by atoms with Crippen molar-refractivity contribution in [2.75, 3.05) is 0 Å². The summed E-state index contributed by atoms with van der Waals surface area (Å²) in [6.45, 7) is 14.9. The van der Waals surface area contributed by atoms with E-state index in [0.29, 0.717) is 0 Å². The van der Waals surface area contributed by atoms with Gasteiger partial charge in [0, 0.05) is 76.9 Å². The van der Waals surface area contributed by atoms with Crippen molar-refractivity contribution < 1.29 is 30.0 Å². The van der Waals surface area contributed by atoms with Crippen molar-refractivity contribution in [2.45, 2.75) is 92.4 Å². The smallest absolute Gasteiger partial charge is 0.162 e. The van der Waals surface area contributed by atoms with Crippen LogP contribution in [0.5, 0.6) is 0 Å². The largest absolute Gasteiger partial charge is 0.512 e. The first-order chi connectivity index (χ1) is 22.1. The predicted octanol–water partition coefficient (Wildman–Crippen LogP) is 11.2. The summed E-state index contributed by atoms with van der Waals surface area (Å²) in [6, 6.07) is 21.0. The molecule has 0 amide bonds. The number of hydrogen-bond acceptors (Lipinski definition) is 5. The second-order valence-corrected chi connectivity index (χ2v) is 14.4. The van der Waals surface area contributed by atoms with E-state index in [0.717, 1.165) is 55.2 Å². The van der Waals surface area contributed by atoms with E-state index < -0.39 is 0 Å². The second-order valence-electron chi connectivity index (χ2n) is 13.3. The number of hydrogen-bond donors (Lipinski definition) is 1. The van der Waals surface area contributed by atoms with Crippen molar-refractivity contribution in [3.63, 3.8) is 0 Å². The van der Waals surface area contributed by atoms with Gasteiger partial charge in [0.25, 0.3) is 0 Å². The number of fused-ring (bicyclic) bond motifs is 6. The third kappa shape index (κ3) is 7.77. The van der Waals surface area contributed by atoms with Crippen LogP contribution in [0.4, 0.5) is 0 Å². The molecule has 1 aliphatic rings. The van der Waals surface area contributed by atoms with Crippen LogP contribution in [0, 0.1) is 17.9 Å². The van der Waals surface area contributed by atoms with Gasteiger partial charge in [0.15, 0.2) is 5.78 Å². The number of pyridine rings is 2. The van der Waals surface area contributed by atoms with Crippen LogP contribution in [-0.2, 0) is 43.2 Å². The molecule has 249 valence electrons. The SMILES string of the molecule is CC(C)(C)c1cc(-c2nccc3c4c(sc23)-c2cccnc2CC4)[c-]c2ccccc12.CCC(CC)C(=O)/C=C(\O)C(CC)CC.[Ir]. The third-order valence-electron chi connectivity index (χ3n) is 9.37. The zero-order chi connectivity index (χ0) is 33.0. The van der Waals surface area contributed by atoms with Gasteiger partial charge in [0.1, 0.15) is 0 Å². The standard InChI is InChI=1S/C28H23N2S.C13H24O2.Ir/c1-28(2,3)23-16-18(15-17-7-4-5-8-19(17)23)25-27-21(12-14-30-25)20-10-11-24-22(26(20)31-27)9-6-13-29-24;1-5-10(6-2)12(14)9-13(15)11(7-3)8-4;/h4-9,12-14,16H,10-11H2,1-3H3;9-11,14H,5-8H2,1-4H3;/q-1;;/b;12-9-;. The molecular formula is C41H47IrN2O2S-. The Morgan fingerprint density at radius 2 is 1.62 bits per heavy atom. The molecule has 4 nitrogen and oxygen atoms in total. The Morgan fingerprint density at radius 3 is 2.30 bits per heavy atom. The van der Waals surface area contributed by atoms with Crippen LogP contribution in [0.25, 0.3) is 42.6 Å². The number of aliphatic hydroxyl groups excluding tert-OH is 1. The number of rotatable bonds is 8. The van der Waals surface area contributed by atoms with E-state index in [1.165, 1.54) is 48.8 Å². The van der Waals surface area contributed by atoms with Gasteiger partial charge in [-0.25, -0.2) is 0 Å². The molecule has 3 aromatic heterocycles. The molecule has 1 aliphatic carbocycles. The summed E-state index contributed by atoms with van der Waals surface area (Å²) in [5.74, 6) is 0.547. The molecule has 0 saturated carbocycles. The number of aliphatic hydroxyl groups is 1. The number of aromatic nitrogens is 2. The van der Waals surface area contributed by atoms with Crippen LogP contribution >= 0.6 is 11.3 Å². The average Bonchev–Trinajstić information content (AvgIpc) is 3.45. The minimum Gasteiger partial charge on any atom is -0.512 e. The summed E-state index contributed by atoms with van der Waals surface area (Å²) in [5, 5.41) is 13.5. The molecule has 2 aromatic carbocycles. The molecule has 0 spiro atoms. The van der Waals surface area contributed by atoms with E-state index in [1.807, 2.05) is 57.5 Å². The molecule has 1 N–H and O–H groups in total. The zero-order valence-electron chi connectivity index (χ0n) is 28.7. The van der Waals surface area contributed by atoms with Crippen LogP contribution in [0.1, 0.15) is 91.0 Å². The summed E-state index contributed by atoms with van der Waals surface area (Å²) < 4.78 is 1.26. The van der Waals surface area contributed by atoms with Gasteiger partial charge < -0.3 is 5.11 Å². The summed E-state index contributed by atoms with van der Waals surface area (Å²) >= 11 is 1.86. The van der Waals surface area contributed by atoms with Gasteiger partial charge in [0.2, 0.25) is 0 Å². The van der Waals surface area contributed by atoms with E-state index in [1.54, 1.807) is 0 Å². The van der Waals surface area contributed by atoms with Gasteiger partial charge in [-0.15, -0.1) is 40.5 Å². The maximum absolute atomic E-state index is 11.7. The van der Waals surface area contributed by atoms with Gasteiger partial charge in [-0.1, -0.05) is 83.7 Å². The minimum absolute atomic E-state index is 0. The average molecular weight is 824 g/mol. The number of carbonyl (C=O) groups is 1. The molecule has 1 radical (unpaired) electrons. The Bertz CT molecular complexity index is 1880. The Balaban J connectivity index is 0.000000269. The molecule has 0 fully saturated rings. The maximum Gasteiger partial charge on any atom is 0.162 e. The van der Waals surface area contributed by atoms with Crippen LogP contribution in [0.3, 0.4) is 0 Å². The number of thiophene rings is 1. The Labute approximate surface area is 298 Å². The van der Waals surface area contributed by atoms with E-state index in [9.17, 15) is 9.90 Å². The summed E-state index contributed by atoms with van der Waals surface area (Å²) in [7, 11) is 0. The molecule has 0 atom stereocenters. The van der Waals surface area contributed by atoms with Crippen LogP contribution < -0.4 is 0 Å². The van der Waals surface area contributed by atoms with Crippen molar-refractivity contribution >= 4 is 38.0 Å². The fourth-order valence-electron chi connectivity index (χ4n) is 6.58. The summed E-state index contributed by atoms with van der Waals surface area (Å²) in [6.07, 6.45) is 10.8. The quantitative estimate of drug-likeness (QED) is 0.0962. The van der Waals surface area contributed by atoms with Crippen molar-refractivity contribution in [3.8, 4) is 21.7 Å². The predicted molar refractivity (Wildman–Crippen MR) is 195 cm³/mol. The number of ketones is 1. The normalized spacial score (nSPS) is 12.8. The van der Waals surface area contributed by atoms with Crippen molar-refractivity contribution in [2.24, 2.45) is 11.8 Å².